The van der Waals surface area contributed by atoms with Crippen molar-refractivity contribution in [3.63, 3.8) is 0 Å². The van der Waals surface area contributed by atoms with E-state index in [-0.39, 0.29) is 17.0 Å². The van der Waals surface area contributed by atoms with Gasteiger partial charge in [0, 0.05) is 5.56 Å². The van der Waals surface area contributed by atoms with Crippen LogP contribution >= 0.6 is 0 Å². The molecule has 0 radical (unpaired) electrons. The third-order valence-corrected chi connectivity index (χ3v) is 3.51. The summed E-state index contributed by atoms with van der Waals surface area (Å²) in [5.41, 5.74) is 0.628. The number of hydrogen-bond donors (Lipinski definition) is 3. The number of nitrogens with one attached hydrogen (secondary N) is 1. The van der Waals surface area contributed by atoms with E-state index in [1.54, 1.807) is 30.3 Å². The Morgan fingerprint density at radius 3 is 2.30 bits per heavy atom. The molecule has 0 spiro atoms. The predicted octanol–water partition coefficient (Wildman–Crippen LogP) is 1.87. The predicted molar refractivity (Wildman–Crippen MR) is 73.0 cm³/mol. The molecule has 6 nitrogen and oxygen atoms in total. The molecule has 1 amide bonds. The summed E-state index contributed by atoms with van der Waals surface area (Å²) in [6.45, 7) is 0. The van der Waals surface area contributed by atoms with E-state index in [1.807, 2.05) is 0 Å². The van der Waals surface area contributed by atoms with Gasteiger partial charge in [-0.1, -0.05) is 30.3 Å². The highest BCUT2D eigenvalue weighted by molar-refractivity contribution is 7.85. The zero-order chi connectivity index (χ0) is 14.8. The average molecular weight is 293 g/mol. The van der Waals surface area contributed by atoms with E-state index in [2.05, 4.69) is 5.32 Å². The smallest absolute Gasteiger partial charge is 0.294 e. The first-order valence-corrected chi connectivity index (χ1v) is 6.97. The molecule has 0 saturated carbocycles. The molecule has 0 saturated heterocycles. The Morgan fingerprint density at radius 2 is 1.75 bits per heavy atom. The van der Waals surface area contributed by atoms with Crippen LogP contribution in [0.2, 0.25) is 0 Å². The van der Waals surface area contributed by atoms with Gasteiger partial charge >= 0.3 is 0 Å². The Bertz CT molecular complexity index is 741. The fourth-order valence-electron chi connectivity index (χ4n) is 1.77. The molecule has 104 valence electrons. The van der Waals surface area contributed by atoms with E-state index in [1.165, 1.54) is 0 Å². The lowest BCUT2D eigenvalue weighted by atomic mass is 10.0. The third kappa shape index (κ3) is 2.79. The molecule has 20 heavy (non-hydrogen) atoms. The highest BCUT2D eigenvalue weighted by Crippen LogP contribution is 2.37. The number of benzene rings is 2. The number of rotatable bonds is 4. The van der Waals surface area contributed by atoms with Gasteiger partial charge in [0.2, 0.25) is 6.41 Å². The Balaban J connectivity index is 2.73. The van der Waals surface area contributed by atoms with Crippen molar-refractivity contribution in [3.05, 3.63) is 42.5 Å². The first kappa shape index (κ1) is 14.0. The second kappa shape index (κ2) is 5.32. The normalized spacial score (nSPS) is 11.1. The molecule has 0 aliphatic rings. The maximum Gasteiger partial charge on any atom is 0.294 e. The van der Waals surface area contributed by atoms with Crippen molar-refractivity contribution in [2.75, 3.05) is 5.32 Å². The molecule has 2 aromatic carbocycles. The quantitative estimate of drug-likeness (QED) is 0.453. The zero-order valence-electron chi connectivity index (χ0n) is 10.1. The third-order valence-electron chi connectivity index (χ3n) is 2.68. The molecule has 0 aliphatic carbocycles. The second-order valence-electron chi connectivity index (χ2n) is 3.97. The first-order valence-electron chi connectivity index (χ1n) is 5.53. The maximum atomic E-state index is 11.2. The maximum absolute atomic E-state index is 11.2. The molecule has 0 atom stereocenters. The monoisotopic (exact) mass is 293 g/mol. The highest BCUT2D eigenvalue weighted by atomic mass is 32.2. The minimum atomic E-state index is -4.46. The van der Waals surface area contributed by atoms with Gasteiger partial charge in [-0.2, -0.15) is 8.42 Å². The van der Waals surface area contributed by atoms with Gasteiger partial charge in [-0.15, -0.1) is 0 Å². The van der Waals surface area contributed by atoms with Gasteiger partial charge in [0.1, 0.15) is 5.75 Å². The summed E-state index contributed by atoms with van der Waals surface area (Å²) in [5.74, 6) is -0.282. The van der Waals surface area contributed by atoms with Gasteiger partial charge in [-0.05, 0) is 17.7 Å². The van der Waals surface area contributed by atoms with Crippen LogP contribution in [0.4, 0.5) is 5.69 Å². The van der Waals surface area contributed by atoms with E-state index in [0.717, 1.165) is 12.1 Å². The van der Waals surface area contributed by atoms with Gasteiger partial charge in [0.05, 0.1) is 10.6 Å². The molecule has 0 aromatic heterocycles. The Kier molecular flexibility index (Phi) is 3.73. The summed E-state index contributed by atoms with van der Waals surface area (Å²) in [4.78, 5) is 10.1. The fraction of sp³-hybridized carbons (Fsp3) is 0. The molecule has 0 bridgehead atoms. The standard InChI is InChI=1S/C13H11NO5S/c15-8-14-12-7-10(20(17,18)19)6-11(13(12)16)9-4-2-1-3-5-9/h1-8,16H,(H,14,15)(H,17,18,19). The van der Waals surface area contributed by atoms with Crippen LogP contribution in [0, 0.1) is 0 Å². The van der Waals surface area contributed by atoms with Crippen LogP contribution in [-0.2, 0) is 14.9 Å². The number of hydrogen-bond acceptors (Lipinski definition) is 4. The van der Waals surface area contributed by atoms with Crippen molar-refractivity contribution in [1.82, 2.24) is 0 Å². The molecule has 2 aromatic rings. The summed E-state index contributed by atoms with van der Waals surface area (Å²) >= 11 is 0. The van der Waals surface area contributed by atoms with Crippen molar-refractivity contribution in [1.29, 1.82) is 0 Å². The number of anilines is 1. The van der Waals surface area contributed by atoms with Crippen LogP contribution in [-0.4, -0.2) is 24.5 Å². The van der Waals surface area contributed by atoms with E-state index < -0.39 is 15.0 Å². The molecule has 0 aliphatic heterocycles. The summed E-state index contributed by atoms with van der Waals surface area (Å²) in [7, 11) is -4.46. The average Bonchev–Trinajstić information content (AvgIpc) is 2.41. The molecule has 3 N–H and O–H groups in total. The van der Waals surface area contributed by atoms with Crippen LogP contribution < -0.4 is 5.32 Å². The van der Waals surface area contributed by atoms with Gasteiger partial charge < -0.3 is 10.4 Å². The van der Waals surface area contributed by atoms with Gasteiger partial charge in [-0.3, -0.25) is 9.35 Å². The molecular formula is C13H11NO5S. The van der Waals surface area contributed by atoms with Crippen LogP contribution in [0.3, 0.4) is 0 Å². The lowest BCUT2D eigenvalue weighted by Crippen LogP contribution is -2.02. The van der Waals surface area contributed by atoms with Gasteiger partial charge in [-0.25, -0.2) is 0 Å². The largest absolute Gasteiger partial charge is 0.505 e. The molecule has 0 heterocycles. The number of phenolic OH excluding ortho intramolecular Hbond substituents is 1. The SMILES string of the molecule is O=CNc1cc(S(=O)(=O)O)cc(-c2ccccc2)c1O. The minimum absolute atomic E-state index is 0.103. The van der Waals surface area contributed by atoms with Crippen molar-refractivity contribution in [3.8, 4) is 16.9 Å². The highest BCUT2D eigenvalue weighted by Gasteiger charge is 2.17. The summed E-state index contributed by atoms with van der Waals surface area (Å²) in [6, 6.07) is 10.6. The molecule has 7 heteroatoms. The van der Waals surface area contributed by atoms with Crippen LogP contribution in [0.25, 0.3) is 11.1 Å². The summed E-state index contributed by atoms with van der Waals surface area (Å²) in [5, 5.41) is 12.3. The van der Waals surface area contributed by atoms with E-state index in [4.69, 9.17) is 4.55 Å². The number of aromatic hydroxyl groups is 1. The second-order valence-corrected chi connectivity index (χ2v) is 5.39. The fourth-order valence-corrected chi connectivity index (χ4v) is 2.30. The van der Waals surface area contributed by atoms with Crippen LogP contribution in [0.15, 0.2) is 47.4 Å². The number of carbonyl (C=O) groups excluding carboxylic acids is 1. The minimum Gasteiger partial charge on any atom is -0.505 e. The number of carbonyl (C=O) groups is 1. The Morgan fingerprint density at radius 1 is 1.10 bits per heavy atom. The van der Waals surface area contributed by atoms with Crippen molar-refractivity contribution in [2.24, 2.45) is 0 Å². The van der Waals surface area contributed by atoms with Crippen LogP contribution in [0.5, 0.6) is 5.75 Å². The lowest BCUT2D eigenvalue weighted by molar-refractivity contribution is -0.105. The topological polar surface area (TPSA) is 104 Å². The molecule has 0 unspecified atom stereocenters. The van der Waals surface area contributed by atoms with Crippen molar-refractivity contribution < 1.29 is 22.9 Å². The summed E-state index contributed by atoms with van der Waals surface area (Å²) < 4.78 is 31.6. The van der Waals surface area contributed by atoms with Crippen molar-refractivity contribution in [2.45, 2.75) is 4.90 Å². The molecular weight excluding hydrogens is 282 g/mol. The van der Waals surface area contributed by atoms with E-state index in [9.17, 15) is 18.3 Å². The first-order chi connectivity index (χ1) is 9.43. The molecule has 2 rings (SSSR count). The van der Waals surface area contributed by atoms with Crippen molar-refractivity contribution >= 4 is 22.2 Å². The summed E-state index contributed by atoms with van der Waals surface area (Å²) in [6.07, 6.45) is 0.303. The Hall–Kier alpha value is -2.38. The van der Waals surface area contributed by atoms with E-state index in [0.29, 0.717) is 12.0 Å². The number of phenols is 1. The van der Waals surface area contributed by atoms with Gasteiger partial charge in [0.25, 0.3) is 10.1 Å². The number of amides is 1. The van der Waals surface area contributed by atoms with Crippen LogP contribution in [0.1, 0.15) is 0 Å². The Labute approximate surface area is 115 Å². The molecule has 0 fully saturated rings. The lowest BCUT2D eigenvalue weighted by Gasteiger charge is -2.11. The zero-order valence-corrected chi connectivity index (χ0v) is 11.0. The van der Waals surface area contributed by atoms with E-state index >= 15 is 0 Å². The van der Waals surface area contributed by atoms with Gasteiger partial charge in [0.15, 0.2) is 0 Å².